The van der Waals surface area contributed by atoms with Gasteiger partial charge >= 0.3 is 0 Å². The van der Waals surface area contributed by atoms with E-state index in [-0.39, 0.29) is 18.0 Å². The molecule has 0 aromatic heterocycles. The van der Waals surface area contributed by atoms with E-state index in [1.165, 1.54) is 0 Å². The maximum atomic E-state index is 14.6. The fourth-order valence-corrected chi connectivity index (χ4v) is 6.02. The number of amides is 1. The molecule has 2 fully saturated rings. The third kappa shape index (κ3) is 5.83. The van der Waals surface area contributed by atoms with Gasteiger partial charge in [0, 0.05) is 40.7 Å². The molecule has 3 aromatic rings. The highest BCUT2D eigenvalue weighted by atomic mass is 79.9. The smallest absolute Gasteiger partial charge is 0.262 e. The summed E-state index contributed by atoms with van der Waals surface area (Å²) < 4.78 is 8.05. The van der Waals surface area contributed by atoms with Crippen LogP contribution in [0.2, 0.25) is 0 Å². The van der Waals surface area contributed by atoms with Crippen molar-refractivity contribution in [1.29, 1.82) is 0 Å². The van der Waals surface area contributed by atoms with Crippen LogP contribution in [0.5, 0.6) is 5.75 Å². The van der Waals surface area contributed by atoms with Gasteiger partial charge in [-0.3, -0.25) is 20.3 Å². The third-order valence-corrected chi connectivity index (χ3v) is 8.50. The molecule has 7 nitrogen and oxygen atoms in total. The van der Waals surface area contributed by atoms with Gasteiger partial charge in [0.25, 0.3) is 5.91 Å². The topological polar surface area (TPSA) is 73.9 Å². The third-order valence-electron chi connectivity index (χ3n) is 7.44. The van der Waals surface area contributed by atoms with Crippen LogP contribution in [0.25, 0.3) is 0 Å². The predicted molar refractivity (Wildman–Crippen MR) is 158 cm³/mol. The number of para-hydroxylation sites is 1. The summed E-state index contributed by atoms with van der Waals surface area (Å²) >= 11 is 7.11. The summed E-state index contributed by atoms with van der Waals surface area (Å²) in [6.45, 7) is 5.20. The molecule has 204 valence electrons. The predicted octanol–water partition coefficient (Wildman–Crippen LogP) is 4.78. The van der Waals surface area contributed by atoms with Crippen molar-refractivity contribution in [3.05, 3.63) is 98.4 Å². The van der Waals surface area contributed by atoms with Crippen molar-refractivity contribution in [2.45, 2.75) is 24.7 Å². The number of aldehydes is 1. The lowest BCUT2D eigenvalue weighted by Gasteiger charge is -2.40. The van der Waals surface area contributed by atoms with E-state index in [1.54, 1.807) is 0 Å². The van der Waals surface area contributed by atoms with Crippen LogP contribution in [0.15, 0.2) is 81.7 Å². The van der Waals surface area contributed by atoms with Gasteiger partial charge in [0.15, 0.2) is 5.66 Å². The van der Waals surface area contributed by atoms with Crippen LogP contribution in [-0.2, 0) is 15.3 Å². The summed E-state index contributed by atoms with van der Waals surface area (Å²) in [5.41, 5.74) is 1.67. The molecule has 2 heterocycles. The molecule has 2 N–H and O–H groups in total. The molecule has 2 unspecified atom stereocenters. The molecule has 0 aliphatic carbocycles. The second-order valence-electron chi connectivity index (χ2n) is 9.79. The number of hydrogen-bond donors (Lipinski definition) is 2. The van der Waals surface area contributed by atoms with Crippen LogP contribution in [0.1, 0.15) is 35.7 Å². The lowest BCUT2D eigenvalue weighted by molar-refractivity contribution is -0.141. The van der Waals surface area contributed by atoms with E-state index in [0.29, 0.717) is 45.1 Å². The summed E-state index contributed by atoms with van der Waals surface area (Å²) in [5, 5.41) is 7.55. The summed E-state index contributed by atoms with van der Waals surface area (Å²) in [6.07, 6.45) is 0.920. The van der Waals surface area contributed by atoms with E-state index in [9.17, 15) is 9.59 Å². The largest absolute Gasteiger partial charge is 0.493 e. The molecule has 0 spiro atoms. The quantitative estimate of drug-likeness (QED) is 0.341. The molecule has 0 bridgehead atoms. The van der Waals surface area contributed by atoms with Gasteiger partial charge in [-0.05, 0) is 48.4 Å². The molecule has 1 amide bonds. The number of carbonyl (C=O) groups is 2. The Morgan fingerprint density at radius 1 is 0.897 bits per heavy atom. The number of piperazine rings is 1. The minimum atomic E-state index is -1.23. The number of nitrogens with zero attached hydrogens (tertiary/aromatic N) is 2. The average molecular weight is 656 g/mol. The van der Waals surface area contributed by atoms with Crippen molar-refractivity contribution >= 4 is 44.1 Å². The lowest BCUT2D eigenvalue weighted by Crippen LogP contribution is -2.62. The zero-order valence-electron chi connectivity index (χ0n) is 21.8. The zero-order chi connectivity index (χ0) is 27.4. The van der Waals surface area contributed by atoms with E-state index in [1.807, 2.05) is 60.4 Å². The number of benzene rings is 3. The Hall–Kier alpha value is -2.56. The molecular formula is C30H32Br2N4O3. The minimum absolute atomic E-state index is 0.0536. The molecule has 5 rings (SSSR count). The molecule has 2 atom stereocenters. The van der Waals surface area contributed by atoms with Crippen LogP contribution in [-0.4, -0.2) is 61.3 Å². The van der Waals surface area contributed by atoms with Gasteiger partial charge in [0.2, 0.25) is 0 Å². The van der Waals surface area contributed by atoms with Gasteiger partial charge in [-0.1, -0.05) is 74.3 Å². The first-order valence-corrected chi connectivity index (χ1v) is 14.8. The van der Waals surface area contributed by atoms with Gasteiger partial charge < -0.3 is 14.4 Å². The van der Waals surface area contributed by atoms with E-state index in [4.69, 9.17) is 4.74 Å². The molecular weight excluding hydrogens is 624 g/mol. The standard InChI is InChI=1S/C30H32Br2N4O3/c1-2-39-26-6-4-3-5-25(26)30(29(38)36-17-15-35(16-18-36)19-20-37)33-27(21-7-11-23(31)12-8-21)28(34-30)22-9-13-24(32)14-10-22/h3-14,20,27-28,33-34H,2,15-19H2,1H3. The first-order chi connectivity index (χ1) is 18.9. The summed E-state index contributed by atoms with van der Waals surface area (Å²) in [7, 11) is 0. The number of ether oxygens (including phenoxy) is 1. The van der Waals surface area contributed by atoms with Crippen molar-refractivity contribution in [2.75, 3.05) is 39.3 Å². The maximum absolute atomic E-state index is 14.6. The first-order valence-electron chi connectivity index (χ1n) is 13.2. The average Bonchev–Trinajstić information content (AvgIpc) is 3.36. The van der Waals surface area contributed by atoms with Gasteiger partial charge in [0.05, 0.1) is 25.2 Å². The number of carbonyl (C=O) groups excluding carboxylic acids is 2. The highest BCUT2D eigenvalue weighted by molar-refractivity contribution is 9.10. The van der Waals surface area contributed by atoms with Crippen LogP contribution in [0.4, 0.5) is 0 Å². The van der Waals surface area contributed by atoms with E-state index < -0.39 is 5.66 Å². The van der Waals surface area contributed by atoms with Crippen LogP contribution >= 0.6 is 31.9 Å². The molecule has 2 saturated heterocycles. The highest BCUT2D eigenvalue weighted by Gasteiger charge is 2.54. The molecule has 39 heavy (non-hydrogen) atoms. The molecule has 3 aromatic carbocycles. The molecule has 2 aliphatic rings. The van der Waals surface area contributed by atoms with E-state index in [2.05, 4.69) is 71.7 Å². The monoisotopic (exact) mass is 654 g/mol. The Kier molecular flexibility index (Phi) is 8.83. The normalized spacial score (nSPS) is 23.5. The Balaban J connectivity index is 1.61. The second-order valence-corrected chi connectivity index (χ2v) is 11.6. The van der Waals surface area contributed by atoms with Gasteiger partial charge in [-0.2, -0.15) is 0 Å². The second kappa shape index (κ2) is 12.3. The summed E-state index contributed by atoms with van der Waals surface area (Å²) in [4.78, 5) is 29.7. The Bertz CT molecular complexity index is 1240. The van der Waals surface area contributed by atoms with Crippen molar-refractivity contribution in [1.82, 2.24) is 20.4 Å². The van der Waals surface area contributed by atoms with E-state index >= 15 is 0 Å². The van der Waals surface area contributed by atoms with Crippen LogP contribution < -0.4 is 15.4 Å². The number of nitrogens with one attached hydrogen (secondary N) is 2. The van der Waals surface area contributed by atoms with Crippen molar-refractivity contribution < 1.29 is 14.3 Å². The zero-order valence-corrected chi connectivity index (χ0v) is 24.9. The fourth-order valence-electron chi connectivity index (χ4n) is 5.49. The maximum Gasteiger partial charge on any atom is 0.262 e. The Morgan fingerprint density at radius 2 is 1.44 bits per heavy atom. The van der Waals surface area contributed by atoms with Crippen molar-refractivity contribution in [3.63, 3.8) is 0 Å². The summed E-state index contributed by atoms with van der Waals surface area (Å²) in [5.74, 6) is 0.612. The SMILES string of the molecule is CCOc1ccccc1C1(C(=O)N2CCN(CC=O)CC2)NC(c2ccc(Br)cc2)C(c2ccc(Br)cc2)N1. The Labute approximate surface area is 246 Å². The molecule has 2 aliphatic heterocycles. The minimum Gasteiger partial charge on any atom is -0.493 e. The first kappa shape index (κ1) is 28.0. The molecule has 0 radical (unpaired) electrons. The number of rotatable bonds is 8. The van der Waals surface area contributed by atoms with Crippen LogP contribution in [0.3, 0.4) is 0 Å². The van der Waals surface area contributed by atoms with Gasteiger partial charge in [0.1, 0.15) is 12.0 Å². The van der Waals surface area contributed by atoms with Crippen molar-refractivity contribution in [2.24, 2.45) is 0 Å². The Morgan fingerprint density at radius 3 is 1.95 bits per heavy atom. The van der Waals surface area contributed by atoms with Crippen molar-refractivity contribution in [3.8, 4) is 5.75 Å². The van der Waals surface area contributed by atoms with Gasteiger partial charge in [-0.25, -0.2) is 0 Å². The molecule has 0 saturated carbocycles. The van der Waals surface area contributed by atoms with Gasteiger partial charge in [-0.15, -0.1) is 0 Å². The number of hydrogen-bond acceptors (Lipinski definition) is 6. The highest BCUT2D eigenvalue weighted by Crippen LogP contribution is 2.44. The van der Waals surface area contributed by atoms with Crippen LogP contribution in [0, 0.1) is 0 Å². The number of halogens is 2. The fraction of sp³-hybridized carbons (Fsp3) is 0.333. The lowest BCUT2D eigenvalue weighted by atomic mass is 9.95. The van der Waals surface area contributed by atoms with E-state index in [0.717, 1.165) is 31.9 Å². The molecule has 9 heteroatoms. The summed E-state index contributed by atoms with van der Waals surface area (Å²) in [6, 6.07) is 23.8.